The van der Waals surface area contributed by atoms with Gasteiger partial charge in [0.2, 0.25) is 0 Å². The minimum atomic E-state index is -0.593. The molecule has 7 heteroatoms. The van der Waals surface area contributed by atoms with E-state index in [0.717, 1.165) is 39.3 Å². The number of ether oxygens (including phenoxy) is 1. The largest absolute Gasteiger partial charge is 0.465 e. The number of nitrogens with zero attached hydrogens (tertiary/aromatic N) is 2. The molecule has 1 aromatic heterocycles. The summed E-state index contributed by atoms with van der Waals surface area (Å²) in [5.74, 6) is -1.06. The van der Waals surface area contributed by atoms with Crippen LogP contribution in [0, 0.1) is 27.7 Å². The van der Waals surface area contributed by atoms with Gasteiger partial charge in [-0.3, -0.25) is 19.3 Å². The summed E-state index contributed by atoms with van der Waals surface area (Å²) in [4.78, 5) is 37.7. The quantitative estimate of drug-likeness (QED) is 0.541. The molecule has 0 unspecified atom stereocenters. The smallest absolute Gasteiger partial charge is 0.326 e. The van der Waals surface area contributed by atoms with Gasteiger partial charge in [0.05, 0.1) is 11.5 Å². The van der Waals surface area contributed by atoms with Crippen molar-refractivity contribution in [3.05, 3.63) is 57.2 Å². The summed E-state index contributed by atoms with van der Waals surface area (Å²) in [6.45, 7) is 9.68. The van der Waals surface area contributed by atoms with Crippen molar-refractivity contribution in [2.75, 3.05) is 13.2 Å². The van der Waals surface area contributed by atoms with Crippen LogP contribution in [-0.2, 0) is 14.3 Å². The van der Waals surface area contributed by atoms with Gasteiger partial charge >= 0.3 is 5.97 Å². The van der Waals surface area contributed by atoms with Crippen molar-refractivity contribution in [3.8, 4) is 5.69 Å². The number of thioether (sulfide) groups is 1. The van der Waals surface area contributed by atoms with Gasteiger partial charge in [0.25, 0.3) is 11.1 Å². The molecule has 0 N–H and O–H groups in total. The van der Waals surface area contributed by atoms with Crippen LogP contribution in [0.1, 0.15) is 35.0 Å². The number of carbonyl (C=O) groups is 3. The van der Waals surface area contributed by atoms with E-state index >= 15 is 0 Å². The van der Waals surface area contributed by atoms with Gasteiger partial charge in [-0.25, -0.2) is 0 Å². The van der Waals surface area contributed by atoms with Crippen LogP contribution >= 0.6 is 11.8 Å². The Kier molecular flexibility index (Phi) is 5.98. The van der Waals surface area contributed by atoms with Crippen LogP contribution in [-0.4, -0.2) is 39.7 Å². The highest BCUT2D eigenvalue weighted by atomic mass is 32.2. The van der Waals surface area contributed by atoms with Gasteiger partial charge in [-0.15, -0.1) is 0 Å². The Hall–Kier alpha value is -2.80. The molecule has 0 radical (unpaired) electrons. The molecule has 1 aromatic carbocycles. The SMILES string of the molecule is CCOC(=O)CN1C(=O)S/C(=C/c2cc(C)n(-c3cccc(C)c3C)c2C)C1=O. The van der Waals surface area contributed by atoms with Gasteiger partial charge < -0.3 is 9.30 Å². The first kappa shape index (κ1) is 20.9. The predicted molar refractivity (Wildman–Crippen MR) is 114 cm³/mol. The minimum Gasteiger partial charge on any atom is -0.465 e. The summed E-state index contributed by atoms with van der Waals surface area (Å²) in [5.41, 5.74) is 6.37. The fourth-order valence-electron chi connectivity index (χ4n) is 3.40. The van der Waals surface area contributed by atoms with Crippen molar-refractivity contribution in [2.24, 2.45) is 0 Å². The van der Waals surface area contributed by atoms with E-state index in [-0.39, 0.29) is 13.2 Å². The summed E-state index contributed by atoms with van der Waals surface area (Å²) in [6, 6.07) is 8.17. The lowest BCUT2D eigenvalue weighted by Crippen LogP contribution is -2.34. The van der Waals surface area contributed by atoms with E-state index in [1.807, 2.05) is 26.0 Å². The lowest BCUT2D eigenvalue weighted by atomic mass is 10.1. The zero-order chi connectivity index (χ0) is 21.3. The topological polar surface area (TPSA) is 68.6 Å². The van der Waals surface area contributed by atoms with Crippen molar-refractivity contribution in [3.63, 3.8) is 0 Å². The summed E-state index contributed by atoms with van der Waals surface area (Å²) in [5, 5.41) is -0.461. The summed E-state index contributed by atoms with van der Waals surface area (Å²) in [7, 11) is 0. The molecule has 6 nitrogen and oxygen atoms in total. The first-order valence-electron chi connectivity index (χ1n) is 9.41. The Bertz CT molecular complexity index is 1040. The van der Waals surface area contributed by atoms with Gasteiger partial charge in [-0.2, -0.15) is 0 Å². The Morgan fingerprint density at radius 3 is 2.59 bits per heavy atom. The maximum absolute atomic E-state index is 12.6. The number of amides is 2. The van der Waals surface area contributed by atoms with Crippen molar-refractivity contribution < 1.29 is 19.1 Å². The Morgan fingerprint density at radius 2 is 1.90 bits per heavy atom. The number of imide groups is 1. The van der Waals surface area contributed by atoms with Crippen LogP contribution in [0.15, 0.2) is 29.2 Å². The van der Waals surface area contributed by atoms with E-state index in [1.165, 1.54) is 11.1 Å². The average molecular weight is 413 g/mol. The second kappa shape index (κ2) is 8.29. The van der Waals surface area contributed by atoms with Gasteiger partial charge in [0.1, 0.15) is 6.54 Å². The number of rotatable bonds is 5. The van der Waals surface area contributed by atoms with Crippen molar-refractivity contribution >= 4 is 35.0 Å². The lowest BCUT2D eigenvalue weighted by molar-refractivity contribution is -0.145. The highest BCUT2D eigenvalue weighted by Gasteiger charge is 2.36. The Morgan fingerprint density at radius 1 is 1.17 bits per heavy atom. The molecule has 0 aliphatic carbocycles. The molecule has 0 atom stereocenters. The van der Waals surface area contributed by atoms with Crippen LogP contribution in [0.4, 0.5) is 4.79 Å². The highest BCUT2D eigenvalue weighted by Crippen LogP contribution is 2.34. The molecule has 3 rings (SSSR count). The Balaban J connectivity index is 1.94. The molecule has 29 heavy (non-hydrogen) atoms. The Labute approximate surface area is 174 Å². The first-order chi connectivity index (χ1) is 13.7. The minimum absolute atomic E-state index is 0.204. The number of carbonyl (C=O) groups excluding carboxylic acids is 3. The van der Waals surface area contributed by atoms with E-state index in [0.29, 0.717) is 4.91 Å². The molecular formula is C22H24N2O4S. The van der Waals surface area contributed by atoms with Gasteiger partial charge in [-0.1, -0.05) is 12.1 Å². The van der Waals surface area contributed by atoms with E-state index < -0.39 is 17.1 Å². The van der Waals surface area contributed by atoms with Crippen LogP contribution in [0.2, 0.25) is 0 Å². The summed E-state index contributed by atoms with van der Waals surface area (Å²) >= 11 is 0.843. The molecule has 2 heterocycles. The number of aryl methyl sites for hydroxylation is 2. The standard InChI is InChI=1S/C22H24N2O4S/c1-6-28-20(25)12-23-21(26)19(29-22(23)27)11-17-10-14(3)24(16(17)5)18-9-7-8-13(2)15(18)4/h7-11H,6,12H2,1-5H3/b19-11+. The maximum Gasteiger partial charge on any atom is 0.326 e. The number of hydrogen-bond acceptors (Lipinski definition) is 5. The van der Waals surface area contributed by atoms with E-state index in [1.54, 1.807) is 13.0 Å². The molecule has 0 saturated carbocycles. The predicted octanol–water partition coefficient (Wildman–Crippen LogP) is 4.31. The molecule has 1 saturated heterocycles. The number of esters is 1. The van der Waals surface area contributed by atoms with Gasteiger partial charge in [-0.05, 0) is 81.3 Å². The zero-order valence-electron chi connectivity index (χ0n) is 17.2. The van der Waals surface area contributed by atoms with Crippen LogP contribution in [0.25, 0.3) is 11.8 Å². The van der Waals surface area contributed by atoms with Crippen LogP contribution in [0.3, 0.4) is 0 Å². The third-order valence-corrected chi connectivity index (χ3v) is 5.95. The molecule has 2 amide bonds. The molecule has 1 aliphatic heterocycles. The van der Waals surface area contributed by atoms with Gasteiger partial charge in [0.15, 0.2) is 0 Å². The molecule has 0 bridgehead atoms. The first-order valence-corrected chi connectivity index (χ1v) is 10.2. The molecule has 2 aromatic rings. The van der Waals surface area contributed by atoms with Gasteiger partial charge in [0, 0.05) is 17.1 Å². The van der Waals surface area contributed by atoms with Crippen molar-refractivity contribution in [1.82, 2.24) is 9.47 Å². The van der Waals surface area contributed by atoms with Crippen molar-refractivity contribution in [2.45, 2.75) is 34.6 Å². The van der Waals surface area contributed by atoms with E-state index in [2.05, 4.69) is 30.5 Å². The second-order valence-corrected chi connectivity index (χ2v) is 7.95. The third kappa shape index (κ3) is 4.00. The molecule has 0 spiro atoms. The van der Waals surface area contributed by atoms with E-state index in [9.17, 15) is 14.4 Å². The second-order valence-electron chi connectivity index (χ2n) is 6.95. The fourth-order valence-corrected chi connectivity index (χ4v) is 4.22. The zero-order valence-corrected chi connectivity index (χ0v) is 18.1. The van der Waals surface area contributed by atoms with Crippen molar-refractivity contribution in [1.29, 1.82) is 0 Å². The highest BCUT2D eigenvalue weighted by molar-refractivity contribution is 8.18. The fraction of sp³-hybridized carbons (Fsp3) is 0.318. The monoisotopic (exact) mass is 412 g/mol. The summed E-state index contributed by atoms with van der Waals surface area (Å²) < 4.78 is 6.99. The molecular weight excluding hydrogens is 388 g/mol. The average Bonchev–Trinajstić information content (AvgIpc) is 3.08. The molecule has 152 valence electrons. The lowest BCUT2D eigenvalue weighted by Gasteiger charge is -2.14. The van der Waals surface area contributed by atoms with Crippen LogP contribution < -0.4 is 0 Å². The normalized spacial score (nSPS) is 15.5. The number of aromatic nitrogens is 1. The maximum atomic E-state index is 12.6. The summed E-state index contributed by atoms with van der Waals surface area (Å²) in [6.07, 6.45) is 1.72. The third-order valence-electron chi connectivity index (χ3n) is 5.04. The number of hydrogen-bond donors (Lipinski definition) is 0. The number of benzene rings is 1. The molecule has 1 aliphatic rings. The van der Waals surface area contributed by atoms with Crippen LogP contribution in [0.5, 0.6) is 0 Å². The van der Waals surface area contributed by atoms with E-state index in [4.69, 9.17) is 4.74 Å². The molecule has 1 fully saturated rings.